The zero-order chi connectivity index (χ0) is 21.3. The first kappa shape index (κ1) is 21.2. The monoisotopic (exact) mass is 401 g/mol. The summed E-state index contributed by atoms with van der Waals surface area (Å²) in [5.74, 6) is -0.107. The van der Waals surface area contributed by atoms with Gasteiger partial charge in [0.25, 0.3) is 11.5 Å². The van der Waals surface area contributed by atoms with Crippen molar-refractivity contribution < 1.29 is 4.79 Å². The van der Waals surface area contributed by atoms with Gasteiger partial charge < -0.3 is 9.80 Å². The third kappa shape index (κ3) is 4.12. The van der Waals surface area contributed by atoms with E-state index in [1.165, 1.54) is 4.57 Å². The summed E-state index contributed by atoms with van der Waals surface area (Å²) in [6.07, 6.45) is 2.68. The Hall–Kier alpha value is -2.48. The second-order valence-corrected chi connectivity index (χ2v) is 8.37. The third-order valence-electron chi connectivity index (χ3n) is 5.65. The van der Waals surface area contributed by atoms with Crippen LogP contribution in [0.15, 0.2) is 15.7 Å². The molecule has 0 aliphatic carbocycles. The molecule has 3 heterocycles. The molecule has 2 aromatic rings. The maximum absolute atomic E-state index is 13.5. The van der Waals surface area contributed by atoms with Crippen LogP contribution in [0, 0.1) is 0 Å². The Morgan fingerprint density at radius 2 is 2.07 bits per heavy atom. The van der Waals surface area contributed by atoms with Gasteiger partial charge >= 0.3 is 5.69 Å². The highest BCUT2D eigenvalue weighted by molar-refractivity contribution is 6.05. The molecule has 1 amide bonds. The molecule has 0 radical (unpaired) electrons. The van der Waals surface area contributed by atoms with Gasteiger partial charge in [-0.25, -0.2) is 9.78 Å². The molecular formula is C21H31N5O3. The lowest BCUT2D eigenvalue weighted by molar-refractivity contribution is 0.0636. The fourth-order valence-corrected chi connectivity index (χ4v) is 3.92. The van der Waals surface area contributed by atoms with Crippen molar-refractivity contribution in [3.63, 3.8) is 0 Å². The predicted molar refractivity (Wildman–Crippen MR) is 114 cm³/mol. The van der Waals surface area contributed by atoms with Crippen molar-refractivity contribution in [2.75, 3.05) is 27.2 Å². The summed E-state index contributed by atoms with van der Waals surface area (Å²) in [5.41, 5.74) is 0.309. The summed E-state index contributed by atoms with van der Waals surface area (Å²) in [7, 11) is 4.04. The van der Waals surface area contributed by atoms with Crippen molar-refractivity contribution in [3.8, 4) is 0 Å². The van der Waals surface area contributed by atoms with Crippen LogP contribution in [0.4, 0.5) is 0 Å². The third-order valence-corrected chi connectivity index (χ3v) is 5.65. The number of likely N-dealkylation sites (N-methyl/N-ethyl adjacent to an activating group) is 1. The van der Waals surface area contributed by atoms with E-state index in [1.807, 2.05) is 39.8 Å². The first-order chi connectivity index (χ1) is 13.7. The Labute approximate surface area is 170 Å². The van der Waals surface area contributed by atoms with E-state index in [0.29, 0.717) is 49.0 Å². The number of hydrogen-bond acceptors (Lipinski definition) is 5. The predicted octanol–water partition coefficient (Wildman–Crippen LogP) is 1.78. The topological polar surface area (TPSA) is 91.3 Å². The number of H-pyrrole nitrogens is 1. The number of fused-ring (bicyclic) bond motifs is 1. The van der Waals surface area contributed by atoms with E-state index in [4.69, 9.17) is 0 Å². The van der Waals surface area contributed by atoms with Crippen molar-refractivity contribution in [1.29, 1.82) is 0 Å². The molecule has 0 bridgehead atoms. The van der Waals surface area contributed by atoms with E-state index in [1.54, 1.807) is 6.07 Å². The maximum Gasteiger partial charge on any atom is 0.329 e. The van der Waals surface area contributed by atoms with Crippen molar-refractivity contribution in [2.24, 2.45) is 0 Å². The smallest absolute Gasteiger partial charge is 0.329 e. The molecule has 0 spiro atoms. The first-order valence-corrected chi connectivity index (χ1v) is 10.4. The minimum absolute atomic E-state index is 0.0614. The molecule has 8 nitrogen and oxygen atoms in total. The SMILES string of the molecule is CCCn1c(=O)[nH]c(=O)c2c(C(=O)N3CCCC(N(C)C)C3)cc(C(C)C)nc21. The van der Waals surface area contributed by atoms with Crippen LogP contribution in [0.5, 0.6) is 0 Å². The standard InChI is InChI=1S/C21H31N5O3/c1-6-9-26-18-17(19(27)23-21(26)29)15(11-16(22-18)13(2)3)20(28)25-10-7-8-14(12-25)24(4)5/h11,13-14H,6-10,12H2,1-5H3,(H,23,27,29). The lowest BCUT2D eigenvalue weighted by Crippen LogP contribution is -2.47. The Morgan fingerprint density at radius 3 is 2.69 bits per heavy atom. The number of nitrogens with one attached hydrogen (secondary N) is 1. The number of carbonyl (C=O) groups excluding carboxylic acids is 1. The van der Waals surface area contributed by atoms with Gasteiger partial charge in [-0.05, 0) is 45.3 Å². The number of aromatic amines is 1. The number of likely N-dealkylation sites (tertiary alicyclic amines) is 1. The van der Waals surface area contributed by atoms with Crippen LogP contribution >= 0.6 is 0 Å². The summed E-state index contributed by atoms with van der Waals surface area (Å²) < 4.78 is 1.47. The van der Waals surface area contributed by atoms with E-state index in [2.05, 4.69) is 14.9 Å². The molecule has 1 aliphatic rings. The number of carbonyl (C=O) groups is 1. The molecule has 1 saturated heterocycles. The van der Waals surface area contributed by atoms with Gasteiger partial charge in [-0.3, -0.25) is 19.1 Å². The summed E-state index contributed by atoms with van der Waals surface area (Å²) in [5, 5.41) is 0.208. The van der Waals surface area contributed by atoms with Crippen LogP contribution in [0.1, 0.15) is 62.0 Å². The Balaban J connectivity index is 2.20. The second kappa shape index (κ2) is 8.49. The minimum atomic E-state index is -0.551. The first-order valence-electron chi connectivity index (χ1n) is 10.4. The van der Waals surface area contributed by atoms with Crippen LogP contribution in [0.25, 0.3) is 11.0 Å². The molecule has 1 unspecified atom stereocenters. The molecule has 2 aromatic heterocycles. The van der Waals surface area contributed by atoms with Crippen molar-refractivity contribution in [3.05, 3.63) is 38.2 Å². The maximum atomic E-state index is 13.5. The average Bonchev–Trinajstić information content (AvgIpc) is 2.69. The zero-order valence-corrected chi connectivity index (χ0v) is 18.0. The highest BCUT2D eigenvalue weighted by Gasteiger charge is 2.28. The van der Waals surface area contributed by atoms with Crippen LogP contribution in [-0.2, 0) is 6.54 Å². The number of amides is 1. The van der Waals surface area contributed by atoms with Crippen LogP contribution in [0.2, 0.25) is 0 Å². The van der Waals surface area contributed by atoms with Gasteiger partial charge in [0.15, 0.2) is 5.65 Å². The van der Waals surface area contributed by atoms with Crippen molar-refractivity contribution in [2.45, 2.75) is 58.5 Å². The molecule has 1 aliphatic heterocycles. The molecule has 158 valence electrons. The van der Waals surface area contributed by atoms with E-state index < -0.39 is 11.2 Å². The number of aryl methyl sites for hydroxylation is 1. The highest BCUT2D eigenvalue weighted by Crippen LogP contribution is 2.23. The van der Waals surface area contributed by atoms with Crippen molar-refractivity contribution in [1.82, 2.24) is 24.3 Å². The number of rotatable bonds is 5. The van der Waals surface area contributed by atoms with Gasteiger partial charge in [0.05, 0.1) is 10.9 Å². The van der Waals surface area contributed by atoms with Gasteiger partial charge in [0, 0.05) is 31.4 Å². The molecule has 1 N–H and O–H groups in total. The average molecular weight is 402 g/mol. The summed E-state index contributed by atoms with van der Waals surface area (Å²) in [6, 6.07) is 2.02. The fourth-order valence-electron chi connectivity index (χ4n) is 3.92. The molecule has 0 aromatic carbocycles. The Morgan fingerprint density at radius 1 is 1.34 bits per heavy atom. The highest BCUT2D eigenvalue weighted by atomic mass is 16.2. The lowest BCUT2D eigenvalue weighted by atomic mass is 10.0. The van der Waals surface area contributed by atoms with E-state index >= 15 is 0 Å². The number of hydrogen-bond donors (Lipinski definition) is 1. The second-order valence-electron chi connectivity index (χ2n) is 8.37. The molecule has 29 heavy (non-hydrogen) atoms. The van der Waals surface area contributed by atoms with Crippen LogP contribution in [0.3, 0.4) is 0 Å². The Kier molecular flexibility index (Phi) is 6.21. The van der Waals surface area contributed by atoms with Gasteiger partial charge in [-0.2, -0.15) is 0 Å². The van der Waals surface area contributed by atoms with Gasteiger partial charge in [-0.15, -0.1) is 0 Å². The van der Waals surface area contributed by atoms with Gasteiger partial charge in [0.1, 0.15) is 0 Å². The number of pyridine rings is 1. The molecule has 3 rings (SSSR count). The number of piperidine rings is 1. The Bertz CT molecular complexity index is 1020. The normalized spacial score (nSPS) is 17.5. The summed E-state index contributed by atoms with van der Waals surface area (Å²) in [6.45, 7) is 7.65. The molecule has 1 atom stereocenters. The number of aromatic nitrogens is 3. The number of nitrogens with zero attached hydrogens (tertiary/aromatic N) is 4. The fraction of sp³-hybridized carbons (Fsp3) is 0.619. The van der Waals surface area contributed by atoms with E-state index in [9.17, 15) is 14.4 Å². The molecule has 8 heteroatoms. The largest absolute Gasteiger partial charge is 0.337 e. The van der Waals surface area contributed by atoms with Gasteiger partial charge in [-0.1, -0.05) is 20.8 Å². The lowest BCUT2D eigenvalue weighted by Gasteiger charge is -2.36. The summed E-state index contributed by atoms with van der Waals surface area (Å²) >= 11 is 0. The molecule has 0 saturated carbocycles. The van der Waals surface area contributed by atoms with E-state index in [-0.39, 0.29) is 17.2 Å². The van der Waals surface area contributed by atoms with Gasteiger partial charge in [0.2, 0.25) is 0 Å². The van der Waals surface area contributed by atoms with Crippen LogP contribution in [-0.4, -0.2) is 63.5 Å². The molecular weight excluding hydrogens is 370 g/mol. The van der Waals surface area contributed by atoms with Crippen LogP contribution < -0.4 is 11.2 Å². The molecule has 1 fully saturated rings. The summed E-state index contributed by atoms with van der Waals surface area (Å²) in [4.78, 5) is 49.6. The van der Waals surface area contributed by atoms with E-state index in [0.717, 1.165) is 12.8 Å². The zero-order valence-electron chi connectivity index (χ0n) is 18.0. The van der Waals surface area contributed by atoms with Crippen molar-refractivity contribution >= 4 is 16.9 Å². The minimum Gasteiger partial charge on any atom is -0.337 e. The quantitative estimate of drug-likeness (QED) is 0.825.